The fraction of sp³-hybridized carbons (Fsp3) is 0.684. The molecule has 2 unspecified atom stereocenters. The molecule has 0 spiro atoms. The van der Waals surface area contributed by atoms with Gasteiger partial charge in [0, 0.05) is 23.6 Å². The smallest absolute Gasteiger partial charge is 0.357 e. The van der Waals surface area contributed by atoms with Gasteiger partial charge in [-0.1, -0.05) is 32.5 Å². The summed E-state index contributed by atoms with van der Waals surface area (Å²) in [5, 5.41) is 21.5. The van der Waals surface area contributed by atoms with E-state index < -0.39 is 43.4 Å². The Kier molecular flexibility index (Phi) is 8.23. The molecule has 0 amide bonds. The molecule has 0 bridgehead atoms. The first-order valence-electron chi connectivity index (χ1n) is 10.6. The van der Waals surface area contributed by atoms with Gasteiger partial charge in [-0.2, -0.15) is 9.97 Å². The van der Waals surface area contributed by atoms with Crippen molar-refractivity contribution in [3.63, 3.8) is 0 Å². The first-order chi connectivity index (χ1) is 15.9. The van der Waals surface area contributed by atoms with Crippen molar-refractivity contribution in [1.29, 1.82) is 0 Å². The van der Waals surface area contributed by atoms with Crippen LogP contribution in [0, 0.1) is 5.41 Å². The molecule has 15 heteroatoms. The van der Waals surface area contributed by atoms with Gasteiger partial charge in [0.05, 0.1) is 13.2 Å². The lowest BCUT2D eigenvalue weighted by Gasteiger charge is -2.27. The Labute approximate surface area is 200 Å². The Hall–Kier alpha value is -1.80. The largest absolute Gasteiger partial charge is 0.387 e. The van der Waals surface area contributed by atoms with E-state index in [0.717, 1.165) is 16.2 Å². The first-order valence-corrected chi connectivity index (χ1v) is 12.8. The molecule has 13 nitrogen and oxygen atoms in total. The van der Waals surface area contributed by atoms with Gasteiger partial charge in [0.2, 0.25) is 11.7 Å². The third kappa shape index (κ3) is 5.54. The van der Waals surface area contributed by atoms with E-state index in [2.05, 4.69) is 9.97 Å². The molecule has 3 heterocycles. The highest BCUT2D eigenvalue weighted by Gasteiger charge is 2.53. The number of nitrogens with two attached hydrogens (primary N) is 1. The van der Waals surface area contributed by atoms with Gasteiger partial charge in [0.25, 0.3) is 0 Å². The Morgan fingerprint density at radius 1 is 1.38 bits per heavy atom. The molecule has 0 radical (unpaired) electrons. The minimum Gasteiger partial charge on any atom is -0.387 e. The number of nitrogen functional groups attached to an aromatic ring is 1. The lowest BCUT2D eigenvalue weighted by atomic mass is 9.92. The molecule has 4 N–H and O–H groups in total. The zero-order valence-electron chi connectivity index (χ0n) is 19.3. The second-order valence-electron chi connectivity index (χ2n) is 8.72. The molecule has 0 aromatic carbocycles. The number of fused-ring (bicyclic) bond motifs is 1. The van der Waals surface area contributed by atoms with Crippen LogP contribution in [-0.2, 0) is 23.1 Å². The topological polar surface area (TPSA) is 180 Å². The number of hydrogen-bond acceptors (Lipinski definition) is 12. The number of aliphatic hydroxyl groups is 2. The van der Waals surface area contributed by atoms with Crippen LogP contribution in [0.4, 0.5) is 5.95 Å². The first kappa shape index (κ1) is 26.8. The predicted molar refractivity (Wildman–Crippen MR) is 125 cm³/mol. The summed E-state index contributed by atoms with van der Waals surface area (Å²) in [5.74, 6) is 0.135. The van der Waals surface area contributed by atoms with Crippen LogP contribution in [0.15, 0.2) is 17.2 Å². The molecule has 5 atom stereocenters. The van der Waals surface area contributed by atoms with E-state index in [9.17, 15) is 24.4 Å². The number of rotatable bonds is 10. The average Bonchev–Trinajstić information content (AvgIpc) is 3.28. The number of imidazole rings is 1. The minimum absolute atomic E-state index is 0.0294. The van der Waals surface area contributed by atoms with Crippen molar-refractivity contribution in [2.45, 2.75) is 58.2 Å². The standard InChI is InChI=1S/C19H30N5O8PS/c1-5-18(2,3)14(26)34-9-8-30-33(29)31-10-11-12(25)19(4,28)13(32-11)23-6-7-24-16(23)21-15(20)22-17(24)27/h6-7,11-13,25,28,33H,5,8-10H2,1-4H3,(H2,20,22,27)/t11-,12?,13-,19+/m1/s1. The summed E-state index contributed by atoms with van der Waals surface area (Å²) >= 11 is 1.11. The zero-order chi connectivity index (χ0) is 25.3. The fourth-order valence-electron chi connectivity index (χ4n) is 3.29. The van der Waals surface area contributed by atoms with Gasteiger partial charge in [0.15, 0.2) is 11.3 Å². The van der Waals surface area contributed by atoms with E-state index in [0.29, 0.717) is 12.2 Å². The van der Waals surface area contributed by atoms with Crippen LogP contribution in [0.5, 0.6) is 0 Å². The van der Waals surface area contributed by atoms with E-state index in [1.165, 1.54) is 23.9 Å². The molecular formula is C19H30N5O8PS. The molecule has 3 rings (SSSR count). The Morgan fingerprint density at radius 2 is 2.09 bits per heavy atom. The van der Waals surface area contributed by atoms with Crippen LogP contribution in [0.25, 0.3) is 5.78 Å². The molecule has 1 aliphatic heterocycles. The Bertz CT molecular complexity index is 1120. The lowest BCUT2D eigenvalue weighted by molar-refractivity contribution is -0.118. The molecule has 0 aliphatic carbocycles. The van der Waals surface area contributed by atoms with E-state index >= 15 is 0 Å². The SMILES string of the molecule is CCC(C)(C)C(=O)SCCO[PH](=O)OC[C@H]1O[C@@H](n2ccn3c(=O)nc(N)nc23)[C@@](C)(O)C1O. The predicted octanol–water partition coefficient (Wildman–Crippen LogP) is 0.601. The highest BCUT2D eigenvalue weighted by atomic mass is 32.2. The Morgan fingerprint density at radius 3 is 2.76 bits per heavy atom. The Balaban J connectivity index is 1.57. The second-order valence-corrected chi connectivity index (χ2v) is 10.9. The normalized spacial score (nSPS) is 26.2. The molecule has 34 heavy (non-hydrogen) atoms. The third-order valence-corrected chi connectivity index (χ3v) is 7.83. The maximum atomic E-state index is 12.1. The van der Waals surface area contributed by atoms with Gasteiger partial charge < -0.3 is 29.7 Å². The molecule has 190 valence electrons. The number of aromatic nitrogens is 4. The van der Waals surface area contributed by atoms with Gasteiger partial charge in [-0.15, -0.1) is 0 Å². The van der Waals surface area contributed by atoms with Crippen molar-refractivity contribution in [1.82, 2.24) is 18.9 Å². The molecule has 1 fully saturated rings. The molecule has 0 saturated carbocycles. The summed E-state index contributed by atoms with van der Waals surface area (Å²) in [6.07, 6.45) is -0.0854. The minimum atomic E-state index is -2.93. The highest BCUT2D eigenvalue weighted by Crippen LogP contribution is 2.40. The number of aliphatic hydroxyl groups excluding tert-OH is 1. The van der Waals surface area contributed by atoms with Crippen molar-refractivity contribution < 1.29 is 33.4 Å². The van der Waals surface area contributed by atoms with Gasteiger partial charge in [-0.3, -0.25) is 13.9 Å². The maximum absolute atomic E-state index is 12.1. The van der Waals surface area contributed by atoms with Crippen LogP contribution < -0.4 is 11.4 Å². The van der Waals surface area contributed by atoms with E-state index in [1.807, 2.05) is 20.8 Å². The molecule has 1 saturated heterocycles. The monoisotopic (exact) mass is 519 g/mol. The van der Waals surface area contributed by atoms with Gasteiger partial charge >= 0.3 is 13.9 Å². The van der Waals surface area contributed by atoms with E-state index in [1.54, 1.807) is 0 Å². The van der Waals surface area contributed by atoms with Gasteiger partial charge in [-0.25, -0.2) is 9.20 Å². The van der Waals surface area contributed by atoms with Crippen molar-refractivity contribution >= 4 is 36.9 Å². The van der Waals surface area contributed by atoms with Crippen LogP contribution in [0.3, 0.4) is 0 Å². The van der Waals surface area contributed by atoms with Crippen LogP contribution in [0.1, 0.15) is 40.3 Å². The van der Waals surface area contributed by atoms with Crippen LogP contribution in [-0.4, -0.2) is 71.0 Å². The van der Waals surface area contributed by atoms with Crippen molar-refractivity contribution in [2.75, 3.05) is 24.7 Å². The quantitative estimate of drug-likeness (QED) is 0.294. The summed E-state index contributed by atoms with van der Waals surface area (Å²) in [7, 11) is -2.93. The highest BCUT2D eigenvalue weighted by molar-refractivity contribution is 8.13. The summed E-state index contributed by atoms with van der Waals surface area (Å²) in [4.78, 5) is 31.6. The number of carbonyl (C=O) groups excluding carboxylic acids is 1. The van der Waals surface area contributed by atoms with Crippen LogP contribution >= 0.6 is 20.0 Å². The summed E-state index contributed by atoms with van der Waals surface area (Å²) in [5.41, 5.74) is 2.66. The van der Waals surface area contributed by atoms with Crippen molar-refractivity contribution in [3.8, 4) is 0 Å². The number of hydrogen-bond donors (Lipinski definition) is 3. The summed E-state index contributed by atoms with van der Waals surface area (Å²) in [6.45, 7) is 6.74. The number of thioether (sulfide) groups is 1. The average molecular weight is 520 g/mol. The molecule has 2 aromatic rings. The fourth-order valence-corrected chi connectivity index (χ4v) is 4.98. The van der Waals surface area contributed by atoms with Gasteiger partial charge in [0.1, 0.15) is 17.8 Å². The molecule has 1 aliphatic rings. The van der Waals surface area contributed by atoms with E-state index in [-0.39, 0.29) is 30.1 Å². The molecular weight excluding hydrogens is 489 g/mol. The molecule has 2 aromatic heterocycles. The number of anilines is 1. The summed E-state index contributed by atoms with van der Waals surface area (Å²) < 4.78 is 30.7. The number of carbonyl (C=O) groups is 1. The third-order valence-electron chi connectivity index (χ3n) is 5.80. The van der Waals surface area contributed by atoms with Gasteiger partial charge in [-0.05, 0) is 13.3 Å². The van der Waals surface area contributed by atoms with Crippen LogP contribution in [0.2, 0.25) is 0 Å². The zero-order valence-corrected chi connectivity index (χ0v) is 21.2. The van der Waals surface area contributed by atoms with Crippen molar-refractivity contribution in [3.05, 3.63) is 22.9 Å². The number of ether oxygens (including phenoxy) is 1. The summed E-state index contributed by atoms with van der Waals surface area (Å²) in [6, 6.07) is 0. The maximum Gasteiger partial charge on any atom is 0.357 e. The number of nitrogens with zero attached hydrogens (tertiary/aromatic N) is 4. The van der Waals surface area contributed by atoms with E-state index in [4.69, 9.17) is 19.5 Å². The lowest BCUT2D eigenvalue weighted by Crippen LogP contribution is -2.44. The van der Waals surface area contributed by atoms with Crippen molar-refractivity contribution in [2.24, 2.45) is 5.41 Å². The second kappa shape index (κ2) is 10.4.